The fraction of sp³-hybridized carbons (Fsp3) is 0.652. The zero-order valence-corrected chi connectivity index (χ0v) is 16.4. The summed E-state index contributed by atoms with van der Waals surface area (Å²) in [5.41, 5.74) is 11.1. The quantitative estimate of drug-likeness (QED) is 0.728. The zero-order valence-electron chi connectivity index (χ0n) is 16.4. The molecule has 3 atom stereocenters. The van der Waals surface area contributed by atoms with Crippen molar-refractivity contribution in [1.82, 2.24) is 0 Å². The van der Waals surface area contributed by atoms with Gasteiger partial charge < -0.3 is 10.8 Å². The number of aliphatic hydroxyl groups is 1. The first kappa shape index (κ1) is 20.2. The highest BCUT2D eigenvalue weighted by atomic mass is 16.2. The van der Waals surface area contributed by atoms with E-state index in [4.69, 9.17) is 10.8 Å². The van der Waals surface area contributed by atoms with Gasteiger partial charge >= 0.3 is 0 Å². The van der Waals surface area contributed by atoms with Crippen molar-refractivity contribution in [1.29, 1.82) is 0 Å². The summed E-state index contributed by atoms with van der Waals surface area (Å²) < 4.78 is 0. The molecule has 2 heteroatoms. The topological polar surface area (TPSA) is 46.2 Å². The summed E-state index contributed by atoms with van der Waals surface area (Å²) in [6.45, 7) is 4.42. The van der Waals surface area contributed by atoms with Crippen LogP contribution in [-0.2, 0) is 12.8 Å². The number of allylic oxidation sites excluding steroid dienone is 2. The summed E-state index contributed by atoms with van der Waals surface area (Å²) in [5, 5.41) is 7.00. The second-order valence-electron chi connectivity index (χ2n) is 8.19. The van der Waals surface area contributed by atoms with E-state index < -0.39 is 0 Å². The molecule has 2 aliphatic carbocycles. The van der Waals surface area contributed by atoms with Gasteiger partial charge in [-0.15, -0.1) is 0 Å². The highest BCUT2D eigenvalue weighted by Gasteiger charge is 2.32. The Labute approximate surface area is 154 Å². The number of nitrogens with two attached hydrogens (primary N) is 1. The van der Waals surface area contributed by atoms with Crippen molar-refractivity contribution in [3.8, 4) is 0 Å². The number of benzene rings is 1. The first-order chi connectivity index (χ1) is 12.1. The predicted molar refractivity (Wildman–Crippen MR) is 108 cm³/mol. The van der Waals surface area contributed by atoms with Crippen LogP contribution in [0.3, 0.4) is 0 Å². The Balaban J connectivity index is 0.00000109. The first-order valence-corrected chi connectivity index (χ1v) is 10.1. The zero-order chi connectivity index (χ0) is 18.3. The van der Waals surface area contributed by atoms with Crippen molar-refractivity contribution in [3.63, 3.8) is 0 Å². The van der Waals surface area contributed by atoms with Gasteiger partial charge in [0, 0.05) is 12.6 Å². The average molecular weight is 344 g/mol. The fourth-order valence-electron chi connectivity index (χ4n) is 4.52. The molecule has 1 saturated carbocycles. The van der Waals surface area contributed by atoms with Crippen molar-refractivity contribution < 1.29 is 5.11 Å². The molecule has 0 heterocycles. The molecule has 25 heavy (non-hydrogen) atoms. The maximum atomic E-state index is 7.00. The van der Waals surface area contributed by atoms with Crippen molar-refractivity contribution in [2.75, 3.05) is 7.11 Å². The second kappa shape index (κ2) is 9.54. The summed E-state index contributed by atoms with van der Waals surface area (Å²) in [6, 6.07) is 7.32. The molecule has 1 aromatic rings. The molecule has 3 rings (SSSR count). The number of fused-ring (bicyclic) bond motifs is 1. The van der Waals surface area contributed by atoms with Gasteiger partial charge in [0.15, 0.2) is 0 Å². The van der Waals surface area contributed by atoms with Crippen LogP contribution in [0.4, 0.5) is 0 Å². The number of hydrogen-bond acceptors (Lipinski definition) is 2. The van der Waals surface area contributed by atoms with E-state index in [1.807, 2.05) is 0 Å². The molecular weight excluding hydrogens is 306 g/mol. The van der Waals surface area contributed by atoms with Crippen LogP contribution in [-0.4, -0.2) is 17.8 Å². The molecule has 1 fully saturated rings. The highest BCUT2D eigenvalue weighted by molar-refractivity contribution is 5.36. The van der Waals surface area contributed by atoms with Gasteiger partial charge in [-0.2, -0.15) is 0 Å². The van der Waals surface area contributed by atoms with Crippen LogP contribution in [0, 0.1) is 5.92 Å². The van der Waals surface area contributed by atoms with Crippen molar-refractivity contribution in [3.05, 3.63) is 47.0 Å². The molecule has 0 saturated heterocycles. The van der Waals surface area contributed by atoms with Crippen molar-refractivity contribution in [2.24, 2.45) is 11.7 Å². The second-order valence-corrected chi connectivity index (χ2v) is 8.19. The van der Waals surface area contributed by atoms with E-state index in [9.17, 15) is 0 Å². The van der Waals surface area contributed by atoms with E-state index in [1.54, 1.807) is 16.7 Å². The lowest BCUT2D eigenvalue weighted by Gasteiger charge is -2.26. The Morgan fingerprint density at radius 2 is 2.00 bits per heavy atom. The Bertz CT molecular complexity index is 561. The Morgan fingerprint density at radius 1 is 1.20 bits per heavy atom. The predicted octanol–water partition coefficient (Wildman–Crippen LogP) is 5.13. The largest absolute Gasteiger partial charge is 0.400 e. The summed E-state index contributed by atoms with van der Waals surface area (Å²) in [6.07, 6.45) is 16.0. The lowest BCUT2D eigenvalue weighted by molar-refractivity contribution is 0.399. The standard InChI is InChI=1S/C22H33N.CH4O/c1-3-4-5-6-7-17-8-9-19-15-20(11-10-18(19)14-17)21-12-13-22(2,23)16-21;1-2/h4-5,10-11,15,17,21H,3,6-9,12-14,16,23H2,1-2H3;2H,1H3/b5-4+;/t17-,21+,22-;/m1./s1. The van der Waals surface area contributed by atoms with Gasteiger partial charge in [0.25, 0.3) is 0 Å². The third-order valence-electron chi connectivity index (χ3n) is 5.95. The molecule has 2 nitrogen and oxygen atoms in total. The Morgan fingerprint density at radius 3 is 2.68 bits per heavy atom. The summed E-state index contributed by atoms with van der Waals surface area (Å²) in [4.78, 5) is 0. The van der Waals surface area contributed by atoms with Crippen molar-refractivity contribution >= 4 is 0 Å². The molecule has 2 aliphatic rings. The maximum absolute atomic E-state index is 7.00. The monoisotopic (exact) mass is 343 g/mol. The lowest BCUT2D eigenvalue weighted by atomic mass is 9.80. The van der Waals surface area contributed by atoms with E-state index in [0.29, 0.717) is 5.92 Å². The van der Waals surface area contributed by atoms with Gasteiger partial charge in [-0.05, 0) is 93.2 Å². The van der Waals surface area contributed by atoms with Gasteiger partial charge in [-0.1, -0.05) is 37.3 Å². The molecule has 0 radical (unpaired) electrons. The van der Waals surface area contributed by atoms with Crippen molar-refractivity contribution in [2.45, 2.75) is 83.1 Å². The minimum absolute atomic E-state index is 0.0532. The number of hydrogen-bond donors (Lipinski definition) is 2. The molecule has 0 aromatic heterocycles. The van der Waals surface area contributed by atoms with Gasteiger partial charge in [0.05, 0.1) is 0 Å². The van der Waals surface area contributed by atoms with Gasteiger partial charge in [-0.25, -0.2) is 0 Å². The van der Waals surface area contributed by atoms with Crippen LogP contribution in [0.5, 0.6) is 0 Å². The van der Waals surface area contributed by atoms with E-state index in [0.717, 1.165) is 19.4 Å². The molecule has 0 amide bonds. The minimum atomic E-state index is 0.0532. The molecule has 1 aromatic carbocycles. The van der Waals surface area contributed by atoms with Gasteiger partial charge in [0.2, 0.25) is 0 Å². The molecule has 140 valence electrons. The van der Waals surface area contributed by atoms with Crippen LogP contribution < -0.4 is 5.73 Å². The van der Waals surface area contributed by atoms with Gasteiger partial charge in [-0.3, -0.25) is 0 Å². The van der Waals surface area contributed by atoms with Crippen LogP contribution in [0.25, 0.3) is 0 Å². The maximum Gasteiger partial charge on any atom is 0.0319 e. The molecule has 0 bridgehead atoms. The van der Waals surface area contributed by atoms with E-state index >= 15 is 0 Å². The van der Waals surface area contributed by atoms with Crippen LogP contribution in [0.15, 0.2) is 30.4 Å². The van der Waals surface area contributed by atoms with E-state index in [-0.39, 0.29) is 5.54 Å². The van der Waals surface area contributed by atoms with Crippen LogP contribution >= 0.6 is 0 Å². The first-order valence-electron chi connectivity index (χ1n) is 10.1. The average Bonchev–Trinajstić information content (AvgIpc) is 3.00. The molecule has 0 spiro atoms. The smallest absolute Gasteiger partial charge is 0.0319 e. The summed E-state index contributed by atoms with van der Waals surface area (Å²) in [7, 11) is 1.00. The molecular formula is C23H37NO. The Kier molecular flexibility index (Phi) is 7.71. The molecule has 0 aliphatic heterocycles. The van der Waals surface area contributed by atoms with E-state index in [1.165, 1.54) is 51.4 Å². The number of rotatable bonds is 5. The van der Waals surface area contributed by atoms with Gasteiger partial charge in [0.1, 0.15) is 0 Å². The fourth-order valence-corrected chi connectivity index (χ4v) is 4.52. The Hall–Kier alpha value is -1.12. The van der Waals surface area contributed by atoms with E-state index in [2.05, 4.69) is 44.2 Å². The minimum Gasteiger partial charge on any atom is -0.400 e. The van der Waals surface area contributed by atoms with Crippen LogP contribution in [0.2, 0.25) is 0 Å². The normalized spacial score (nSPS) is 28.5. The SMILES string of the molecule is CC/C=C/CC[C@@H]1CCc2cc([C@H]3CC[C@@](C)(N)C3)ccc2C1.CO. The number of aryl methyl sites for hydroxylation is 1. The molecule has 3 N–H and O–H groups in total. The number of aliphatic hydroxyl groups excluding tert-OH is 1. The lowest BCUT2D eigenvalue weighted by Crippen LogP contribution is -2.32. The third-order valence-corrected chi connectivity index (χ3v) is 5.95. The summed E-state index contributed by atoms with van der Waals surface area (Å²) in [5.74, 6) is 1.57. The third kappa shape index (κ3) is 5.69. The highest BCUT2D eigenvalue weighted by Crippen LogP contribution is 2.40. The van der Waals surface area contributed by atoms with Crippen LogP contribution in [0.1, 0.15) is 81.4 Å². The molecule has 0 unspecified atom stereocenters. The summed E-state index contributed by atoms with van der Waals surface area (Å²) >= 11 is 0.